The van der Waals surface area contributed by atoms with Crippen molar-refractivity contribution >= 4 is 13.6 Å². The van der Waals surface area contributed by atoms with Crippen LogP contribution in [0.25, 0.3) is 5.57 Å². The van der Waals surface area contributed by atoms with Crippen LogP contribution < -0.4 is 0 Å². The molecule has 1 aromatic rings. The summed E-state index contributed by atoms with van der Waals surface area (Å²) >= 11 is 0. The average Bonchev–Trinajstić information content (AvgIpc) is 2.83. The third-order valence-electron chi connectivity index (χ3n) is 2.62. The Morgan fingerprint density at radius 1 is 1.00 bits per heavy atom. The Morgan fingerprint density at radius 2 is 1.62 bits per heavy atom. The van der Waals surface area contributed by atoms with E-state index in [0.717, 1.165) is 0 Å². The summed E-state index contributed by atoms with van der Waals surface area (Å²) < 4.78 is 0. The minimum absolute atomic E-state index is 0.990. The maximum atomic E-state index is 2.43. The van der Waals surface area contributed by atoms with Crippen molar-refractivity contribution in [3.05, 3.63) is 41.1 Å². The molecule has 0 fully saturated rings. The molecule has 13 heavy (non-hydrogen) atoms. The van der Waals surface area contributed by atoms with Gasteiger partial charge in [-0.15, -0.1) is 0 Å². The minimum Gasteiger partial charge on any atom is -0.0727 e. The quantitative estimate of drug-likeness (QED) is 0.620. The molecule has 1 aliphatic rings. The molecule has 0 radical (unpaired) electrons. The van der Waals surface area contributed by atoms with E-state index in [1.54, 1.807) is 10.8 Å². The van der Waals surface area contributed by atoms with Crippen LogP contribution in [-0.2, 0) is 0 Å². The normalized spacial score (nSPS) is 16.2. The molecular weight excluding hydrogens is 172 g/mol. The van der Waals surface area contributed by atoms with Crippen LogP contribution in [-0.4, -0.2) is 8.07 Å². The van der Waals surface area contributed by atoms with Crippen molar-refractivity contribution in [1.29, 1.82) is 0 Å². The van der Waals surface area contributed by atoms with Gasteiger partial charge < -0.3 is 0 Å². The van der Waals surface area contributed by atoms with E-state index in [0.29, 0.717) is 0 Å². The lowest BCUT2D eigenvalue weighted by molar-refractivity contribution is 1.56. The molecular formula is C12H16Si. The highest BCUT2D eigenvalue weighted by molar-refractivity contribution is 6.85. The van der Waals surface area contributed by atoms with E-state index in [9.17, 15) is 0 Å². The molecule has 0 atom stereocenters. The first-order valence-electron chi connectivity index (χ1n) is 4.87. The monoisotopic (exact) mass is 188 g/mol. The third-order valence-corrected chi connectivity index (χ3v) is 4.91. The first-order chi connectivity index (χ1) is 6.09. The molecule has 2 rings (SSSR count). The maximum absolute atomic E-state index is 2.43. The van der Waals surface area contributed by atoms with Gasteiger partial charge in [0.1, 0.15) is 0 Å². The van der Waals surface area contributed by atoms with Crippen LogP contribution in [0.4, 0.5) is 0 Å². The molecule has 0 unspecified atom stereocenters. The molecule has 1 aromatic carbocycles. The molecule has 0 heterocycles. The molecule has 0 saturated carbocycles. The molecule has 0 nitrogen and oxygen atoms in total. The van der Waals surface area contributed by atoms with Gasteiger partial charge in [0, 0.05) is 0 Å². The summed E-state index contributed by atoms with van der Waals surface area (Å²) in [5, 5.41) is 1.76. The highest BCUT2D eigenvalue weighted by Gasteiger charge is 2.33. The maximum Gasteiger partial charge on any atom is 0.0732 e. The summed E-state index contributed by atoms with van der Waals surface area (Å²) in [6, 6.07) is 10.8. The summed E-state index contributed by atoms with van der Waals surface area (Å²) in [6.45, 7) is 7.29. The molecule has 0 saturated heterocycles. The molecule has 68 valence electrons. The predicted molar refractivity (Wildman–Crippen MR) is 61.3 cm³/mol. The van der Waals surface area contributed by atoms with E-state index in [-0.39, 0.29) is 0 Å². The van der Waals surface area contributed by atoms with Crippen LogP contribution in [0.1, 0.15) is 12.0 Å². The van der Waals surface area contributed by atoms with Crippen LogP contribution in [0.3, 0.4) is 0 Å². The number of hydrogen-bond donors (Lipinski definition) is 0. The summed E-state index contributed by atoms with van der Waals surface area (Å²) in [7, 11) is -0.990. The summed E-state index contributed by atoms with van der Waals surface area (Å²) in [6.07, 6.45) is 1.28. The van der Waals surface area contributed by atoms with Gasteiger partial charge in [-0.2, -0.15) is 0 Å². The number of allylic oxidation sites excluding steroid dienone is 2. The van der Waals surface area contributed by atoms with Gasteiger partial charge in [-0.3, -0.25) is 0 Å². The topological polar surface area (TPSA) is 0 Å². The predicted octanol–water partition coefficient (Wildman–Crippen LogP) is 3.72. The van der Waals surface area contributed by atoms with Crippen LogP contribution in [0.15, 0.2) is 35.5 Å². The lowest BCUT2D eigenvalue weighted by Gasteiger charge is -2.09. The molecule has 0 aromatic heterocycles. The van der Waals surface area contributed by atoms with Crippen LogP contribution in [0.5, 0.6) is 0 Å². The van der Waals surface area contributed by atoms with Crippen molar-refractivity contribution in [2.24, 2.45) is 0 Å². The van der Waals surface area contributed by atoms with Gasteiger partial charge in [-0.1, -0.05) is 55.2 Å². The highest BCUT2D eigenvalue weighted by atomic mass is 28.3. The smallest absolute Gasteiger partial charge is 0.0727 e. The summed E-state index contributed by atoms with van der Waals surface area (Å²) in [5.74, 6) is 0. The van der Waals surface area contributed by atoms with E-state index in [1.165, 1.54) is 12.0 Å². The second-order valence-corrected chi connectivity index (χ2v) is 9.85. The van der Waals surface area contributed by atoms with Gasteiger partial charge in [-0.05, 0) is 17.6 Å². The van der Waals surface area contributed by atoms with Gasteiger partial charge in [0.15, 0.2) is 0 Å². The zero-order chi connectivity index (χ0) is 9.47. The van der Waals surface area contributed by atoms with Crippen molar-refractivity contribution in [3.63, 3.8) is 0 Å². The Hall–Kier alpha value is -0.823. The van der Waals surface area contributed by atoms with Gasteiger partial charge in [0.2, 0.25) is 0 Å². The first kappa shape index (κ1) is 8.76. The van der Waals surface area contributed by atoms with Crippen molar-refractivity contribution < 1.29 is 0 Å². The van der Waals surface area contributed by atoms with Crippen LogP contribution in [0, 0.1) is 0 Å². The van der Waals surface area contributed by atoms with E-state index in [4.69, 9.17) is 0 Å². The number of rotatable bonds is 2. The molecule has 0 N–H and O–H groups in total. The van der Waals surface area contributed by atoms with E-state index in [2.05, 4.69) is 50.0 Å². The fraction of sp³-hybridized carbons (Fsp3) is 0.333. The van der Waals surface area contributed by atoms with E-state index < -0.39 is 8.07 Å². The summed E-state index contributed by atoms with van der Waals surface area (Å²) in [4.78, 5) is 0. The fourth-order valence-electron chi connectivity index (χ4n) is 1.77. The Morgan fingerprint density at radius 3 is 2.08 bits per heavy atom. The Bertz CT molecular complexity index is 341. The van der Waals surface area contributed by atoms with Crippen molar-refractivity contribution in [1.82, 2.24) is 0 Å². The summed E-state index contributed by atoms with van der Waals surface area (Å²) in [5.41, 5.74) is 3.07. The second-order valence-electron chi connectivity index (χ2n) is 4.75. The van der Waals surface area contributed by atoms with Crippen LogP contribution >= 0.6 is 0 Å². The van der Waals surface area contributed by atoms with E-state index >= 15 is 0 Å². The molecule has 0 spiro atoms. The standard InChI is InChI=1S/C12H16Si/c1-13(2,3)12-9-11(12)10-7-5-4-6-8-10/h4-8H,9H2,1-3H3. The van der Waals surface area contributed by atoms with Crippen LogP contribution in [0.2, 0.25) is 19.6 Å². The Balaban J connectivity index is 2.29. The fourth-order valence-corrected chi connectivity index (χ4v) is 3.52. The van der Waals surface area contributed by atoms with E-state index in [1.807, 2.05) is 0 Å². The zero-order valence-electron chi connectivity index (χ0n) is 8.59. The number of hydrogen-bond acceptors (Lipinski definition) is 0. The minimum atomic E-state index is -0.990. The highest BCUT2D eigenvalue weighted by Crippen LogP contribution is 2.45. The molecule has 1 aliphatic carbocycles. The number of benzene rings is 1. The Labute approximate surface area is 81.3 Å². The molecule has 0 amide bonds. The van der Waals surface area contributed by atoms with Gasteiger partial charge in [-0.25, -0.2) is 0 Å². The van der Waals surface area contributed by atoms with Crippen molar-refractivity contribution in [3.8, 4) is 0 Å². The van der Waals surface area contributed by atoms with Gasteiger partial charge in [0.05, 0.1) is 8.07 Å². The van der Waals surface area contributed by atoms with Gasteiger partial charge in [0.25, 0.3) is 0 Å². The largest absolute Gasteiger partial charge is 0.0732 e. The SMILES string of the molecule is C[Si](C)(C)C1=C(c2ccccc2)C1. The third kappa shape index (κ3) is 1.75. The lowest BCUT2D eigenvalue weighted by atomic mass is 10.2. The molecule has 0 bridgehead atoms. The van der Waals surface area contributed by atoms with Gasteiger partial charge >= 0.3 is 0 Å². The molecule has 0 aliphatic heterocycles. The second kappa shape index (κ2) is 2.84. The zero-order valence-corrected chi connectivity index (χ0v) is 9.59. The molecule has 1 heteroatoms. The van der Waals surface area contributed by atoms with Crippen molar-refractivity contribution in [2.45, 2.75) is 26.1 Å². The Kier molecular flexibility index (Phi) is 1.92. The average molecular weight is 188 g/mol. The van der Waals surface area contributed by atoms with Crippen molar-refractivity contribution in [2.75, 3.05) is 0 Å². The lowest BCUT2D eigenvalue weighted by Crippen LogP contribution is -2.18. The first-order valence-corrected chi connectivity index (χ1v) is 8.37.